The largest absolute Gasteiger partial charge is 0.480 e. The maximum Gasteiger partial charge on any atom is 0.323 e. The molecule has 1 aromatic rings. The fourth-order valence-corrected chi connectivity index (χ4v) is 3.35. The Morgan fingerprint density at radius 1 is 1.48 bits per heavy atom. The SMILES string of the molecule is Cc1cccc(CSCCCC(C)(NC2CC2)C(=O)O)c1. The molecular formula is C17H25NO2S. The maximum atomic E-state index is 11.4. The third-order valence-corrected chi connectivity index (χ3v) is 5.00. The van der Waals surface area contributed by atoms with Crippen molar-refractivity contribution in [3.05, 3.63) is 35.4 Å². The molecule has 3 nitrogen and oxygen atoms in total. The molecule has 0 spiro atoms. The van der Waals surface area contributed by atoms with Gasteiger partial charge in [0, 0.05) is 11.8 Å². The normalized spacial score (nSPS) is 17.4. The number of hydrogen-bond acceptors (Lipinski definition) is 3. The van der Waals surface area contributed by atoms with Crippen LogP contribution in [-0.2, 0) is 10.5 Å². The number of benzene rings is 1. The van der Waals surface area contributed by atoms with Gasteiger partial charge in [-0.05, 0) is 50.8 Å². The number of aryl methyl sites for hydroxylation is 1. The van der Waals surface area contributed by atoms with Crippen LogP contribution in [0.3, 0.4) is 0 Å². The molecule has 2 rings (SSSR count). The molecule has 0 aliphatic heterocycles. The van der Waals surface area contributed by atoms with Crippen molar-refractivity contribution in [2.45, 2.75) is 56.9 Å². The third kappa shape index (κ3) is 5.36. The lowest BCUT2D eigenvalue weighted by Crippen LogP contribution is -2.50. The smallest absolute Gasteiger partial charge is 0.323 e. The molecule has 0 aromatic heterocycles. The summed E-state index contributed by atoms with van der Waals surface area (Å²) >= 11 is 1.88. The first kappa shape index (κ1) is 16.4. The average molecular weight is 307 g/mol. The van der Waals surface area contributed by atoms with Crippen LogP contribution in [0.5, 0.6) is 0 Å². The zero-order chi connectivity index (χ0) is 15.3. The molecule has 116 valence electrons. The average Bonchev–Trinajstić information content (AvgIpc) is 3.22. The molecule has 1 aromatic carbocycles. The predicted molar refractivity (Wildman–Crippen MR) is 88.8 cm³/mol. The predicted octanol–water partition coefficient (Wildman–Crippen LogP) is 3.60. The molecule has 1 fully saturated rings. The number of thioether (sulfide) groups is 1. The lowest BCUT2D eigenvalue weighted by molar-refractivity contribution is -0.144. The van der Waals surface area contributed by atoms with Gasteiger partial charge in [0.05, 0.1) is 0 Å². The van der Waals surface area contributed by atoms with Crippen molar-refractivity contribution < 1.29 is 9.90 Å². The summed E-state index contributed by atoms with van der Waals surface area (Å²) in [7, 11) is 0. The summed E-state index contributed by atoms with van der Waals surface area (Å²) in [4.78, 5) is 11.4. The second kappa shape index (κ2) is 7.32. The monoisotopic (exact) mass is 307 g/mol. The molecule has 2 N–H and O–H groups in total. The summed E-state index contributed by atoms with van der Waals surface area (Å²) in [5.74, 6) is 1.28. The van der Waals surface area contributed by atoms with Crippen molar-refractivity contribution in [3.8, 4) is 0 Å². The van der Waals surface area contributed by atoms with Crippen LogP contribution in [0.2, 0.25) is 0 Å². The molecule has 4 heteroatoms. The van der Waals surface area contributed by atoms with E-state index >= 15 is 0 Å². The van der Waals surface area contributed by atoms with Gasteiger partial charge in [-0.1, -0.05) is 29.8 Å². The van der Waals surface area contributed by atoms with Crippen molar-refractivity contribution in [2.24, 2.45) is 0 Å². The molecule has 21 heavy (non-hydrogen) atoms. The Morgan fingerprint density at radius 3 is 2.86 bits per heavy atom. The highest BCUT2D eigenvalue weighted by atomic mass is 32.2. The Hall–Kier alpha value is -1.00. The van der Waals surface area contributed by atoms with Crippen LogP contribution >= 0.6 is 11.8 Å². The Kier molecular flexibility index (Phi) is 5.71. The number of carbonyl (C=O) groups is 1. The minimum atomic E-state index is -0.759. The first-order chi connectivity index (χ1) is 9.99. The topological polar surface area (TPSA) is 49.3 Å². The van der Waals surface area contributed by atoms with E-state index in [2.05, 4.69) is 36.5 Å². The van der Waals surface area contributed by atoms with E-state index in [1.807, 2.05) is 18.7 Å². The third-order valence-electron chi connectivity index (χ3n) is 3.89. The second-order valence-corrected chi connectivity index (χ2v) is 7.31. The Labute approximate surface area is 131 Å². The lowest BCUT2D eigenvalue weighted by Gasteiger charge is -2.26. The van der Waals surface area contributed by atoms with Gasteiger partial charge in [0.15, 0.2) is 0 Å². The number of aliphatic carboxylic acids is 1. The summed E-state index contributed by atoms with van der Waals surface area (Å²) in [5.41, 5.74) is 1.88. The van der Waals surface area contributed by atoms with Crippen LogP contribution in [-0.4, -0.2) is 28.4 Å². The second-order valence-electron chi connectivity index (χ2n) is 6.20. The van der Waals surface area contributed by atoms with E-state index in [9.17, 15) is 9.90 Å². The van der Waals surface area contributed by atoms with Gasteiger partial charge in [-0.15, -0.1) is 0 Å². The summed E-state index contributed by atoms with van der Waals surface area (Å²) < 4.78 is 0. The van der Waals surface area contributed by atoms with E-state index in [0.29, 0.717) is 12.5 Å². The van der Waals surface area contributed by atoms with Gasteiger partial charge in [-0.3, -0.25) is 10.1 Å². The Morgan fingerprint density at radius 2 is 2.24 bits per heavy atom. The molecule has 1 aliphatic carbocycles. The van der Waals surface area contributed by atoms with Crippen LogP contribution in [0.1, 0.15) is 43.7 Å². The fraction of sp³-hybridized carbons (Fsp3) is 0.588. The highest BCUT2D eigenvalue weighted by Crippen LogP contribution is 2.26. The van der Waals surface area contributed by atoms with E-state index in [-0.39, 0.29) is 0 Å². The van der Waals surface area contributed by atoms with Crippen molar-refractivity contribution in [3.63, 3.8) is 0 Å². The highest BCUT2D eigenvalue weighted by molar-refractivity contribution is 7.98. The molecule has 0 saturated heterocycles. The van der Waals surface area contributed by atoms with Crippen LogP contribution in [0.4, 0.5) is 0 Å². The minimum absolute atomic E-state index is 0.422. The van der Waals surface area contributed by atoms with E-state index in [4.69, 9.17) is 0 Å². The first-order valence-electron chi connectivity index (χ1n) is 7.64. The molecule has 0 radical (unpaired) electrons. The molecular weight excluding hydrogens is 282 g/mol. The number of hydrogen-bond donors (Lipinski definition) is 2. The quantitative estimate of drug-likeness (QED) is 0.684. The molecule has 1 aliphatic rings. The Balaban J connectivity index is 1.69. The van der Waals surface area contributed by atoms with E-state index in [1.54, 1.807) is 0 Å². The van der Waals surface area contributed by atoms with Crippen molar-refractivity contribution >= 4 is 17.7 Å². The van der Waals surface area contributed by atoms with Crippen LogP contribution in [0.15, 0.2) is 24.3 Å². The first-order valence-corrected chi connectivity index (χ1v) is 8.79. The zero-order valence-corrected chi connectivity index (χ0v) is 13.7. The van der Waals surface area contributed by atoms with Gasteiger partial charge in [0.2, 0.25) is 0 Å². The highest BCUT2D eigenvalue weighted by Gasteiger charge is 2.37. The lowest BCUT2D eigenvalue weighted by atomic mass is 9.96. The summed E-state index contributed by atoms with van der Waals surface area (Å²) in [6, 6.07) is 8.98. The van der Waals surface area contributed by atoms with Gasteiger partial charge in [-0.2, -0.15) is 11.8 Å². The molecule has 1 unspecified atom stereocenters. The van der Waals surface area contributed by atoms with Gasteiger partial charge in [0.25, 0.3) is 0 Å². The number of carboxylic acids is 1. The summed E-state index contributed by atoms with van der Waals surface area (Å²) in [6.45, 7) is 3.93. The molecule has 0 heterocycles. The Bertz CT molecular complexity index is 487. The maximum absolute atomic E-state index is 11.4. The number of carboxylic acid groups (broad SMARTS) is 1. The minimum Gasteiger partial charge on any atom is -0.480 e. The van der Waals surface area contributed by atoms with Gasteiger partial charge in [-0.25, -0.2) is 0 Å². The molecule has 0 bridgehead atoms. The van der Waals surface area contributed by atoms with Crippen molar-refractivity contribution in [1.29, 1.82) is 0 Å². The van der Waals surface area contributed by atoms with Crippen LogP contribution < -0.4 is 5.32 Å². The number of rotatable bonds is 9. The summed E-state index contributed by atoms with van der Waals surface area (Å²) in [5, 5.41) is 12.7. The molecule has 1 atom stereocenters. The van der Waals surface area contributed by atoms with Crippen molar-refractivity contribution in [2.75, 3.05) is 5.75 Å². The van der Waals surface area contributed by atoms with Crippen molar-refractivity contribution in [1.82, 2.24) is 5.32 Å². The molecule has 0 amide bonds. The van der Waals surface area contributed by atoms with Gasteiger partial charge in [0.1, 0.15) is 5.54 Å². The van der Waals surface area contributed by atoms with E-state index in [1.165, 1.54) is 11.1 Å². The molecule has 1 saturated carbocycles. The van der Waals surface area contributed by atoms with Gasteiger partial charge >= 0.3 is 5.97 Å². The standard InChI is InChI=1S/C17H25NO2S/c1-13-5-3-6-14(11-13)12-21-10-4-9-17(2,16(19)20)18-15-7-8-15/h3,5-6,11,15,18H,4,7-10,12H2,1-2H3,(H,19,20). The number of nitrogens with one attached hydrogen (secondary N) is 1. The van der Waals surface area contributed by atoms with E-state index < -0.39 is 11.5 Å². The summed E-state index contributed by atoms with van der Waals surface area (Å²) in [6.07, 6.45) is 3.86. The van der Waals surface area contributed by atoms with Gasteiger partial charge < -0.3 is 5.11 Å². The fourth-order valence-electron chi connectivity index (χ4n) is 2.44. The van der Waals surface area contributed by atoms with Crippen LogP contribution in [0.25, 0.3) is 0 Å². The zero-order valence-electron chi connectivity index (χ0n) is 12.9. The van der Waals surface area contributed by atoms with Crippen LogP contribution in [0, 0.1) is 6.92 Å². The van der Waals surface area contributed by atoms with E-state index in [0.717, 1.165) is 30.8 Å².